The molecule has 0 amide bonds. The lowest BCUT2D eigenvalue weighted by Crippen LogP contribution is -2.52. The van der Waals surface area contributed by atoms with E-state index in [0.29, 0.717) is 23.9 Å². The third kappa shape index (κ3) is 5.55. The van der Waals surface area contributed by atoms with Crippen LogP contribution in [0.3, 0.4) is 0 Å². The monoisotopic (exact) mass is 624 g/mol. The predicted octanol–water partition coefficient (Wildman–Crippen LogP) is 5.90. The number of ketones is 1. The lowest BCUT2D eigenvalue weighted by molar-refractivity contribution is -0.124. The van der Waals surface area contributed by atoms with Crippen molar-refractivity contribution in [2.75, 3.05) is 42.4 Å². The minimum atomic E-state index is -0.414. The summed E-state index contributed by atoms with van der Waals surface area (Å²) < 4.78 is 6.50. The Hall–Kier alpha value is -3.14. The van der Waals surface area contributed by atoms with Crippen LogP contribution in [-0.2, 0) is 9.53 Å². The number of nitrogens with one attached hydrogen (secondary N) is 1. The number of carbonyl (C=O) groups excluding carboxylic acids is 2. The minimum absolute atomic E-state index is 0.0235. The highest BCUT2D eigenvalue weighted by molar-refractivity contribution is 9.10. The fourth-order valence-electron chi connectivity index (χ4n) is 7.23. The predicted molar refractivity (Wildman–Crippen MR) is 165 cm³/mol. The molecule has 3 heterocycles. The molecule has 2 aromatic heterocycles. The van der Waals surface area contributed by atoms with Gasteiger partial charge in [0, 0.05) is 30.7 Å². The number of carbonyl (C=O) groups is 2. The summed E-state index contributed by atoms with van der Waals surface area (Å²) in [6.45, 7) is 10.8. The second-order valence-electron chi connectivity index (χ2n) is 12.6. The molecule has 0 bridgehead atoms. The molecule has 0 spiro atoms. The lowest BCUT2D eigenvalue weighted by Gasteiger charge is -2.57. The van der Waals surface area contributed by atoms with E-state index in [1.165, 1.54) is 11.9 Å². The Morgan fingerprint density at radius 2 is 2.12 bits per heavy atom. The summed E-state index contributed by atoms with van der Waals surface area (Å²) in [5.41, 5.74) is 9.52. The van der Waals surface area contributed by atoms with Gasteiger partial charge in [0.1, 0.15) is 24.3 Å². The second-order valence-corrected chi connectivity index (χ2v) is 13.5. The van der Waals surface area contributed by atoms with E-state index in [4.69, 9.17) is 10.5 Å². The number of hydrogen-bond acceptors (Lipinski definition) is 8. The maximum Gasteiger partial charge on any atom is 0.355 e. The first-order chi connectivity index (χ1) is 19.4. The van der Waals surface area contributed by atoms with Gasteiger partial charge in [-0.2, -0.15) is 0 Å². The van der Waals surface area contributed by atoms with E-state index in [-0.39, 0.29) is 29.1 Å². The highest BCUT2D eigenvalue weighted by atomic mass is 79.9. The van der Waals surface area contributed by atoms with Crippen molar-refractivity contribution >= 4 is 45.0 Å². The number of ether oxygens (including phenoxy) is 1. The van der Waals surface area contributed by atoms with Crippen molar-refractivity contribution in [3.8, 4) is 0 Å². The summed E-state index contributed by atoms with van der Waals surface area (Å²) in [6, 6.07) is 1.70. The first-order valence-electron chi connectivity index (χ1n) is 14.4. The molecule has 4 unspecified atom stereocenters. The number of aromatic amines is 1. The molecule has 220 valence electrons. The fraction of sp³-hybridized carbons (Fsp3) is 0.548. The Morgan fingerprint density at radius 1 is 1.34 bits per heavy atom. The number of anilines is 3. The van der Waals surface area contributed by atoms with Crippen LogP contribution < -0.4 is 15.5 Å². The van der Waals surface area contributed by atoms with Crippen molar-refractivity contribution in [3.05, 3.63) is 52.1 Å². The van der Waals surface area contributed by atoms with Crippen LogP contribution in [0.2, 0.25) is 0 Å². The number of aromatic nitrogens is 3. The fourth-order valence-corrected chi connectivity index (χ4v) is 7.57. The summed E-state index contributed by atoms with van der Waals surface area (Å²) in [5.74, 6) is 1.76. The molecule has 5 rings (SSSR count). The molecule has 41 heavy (non-hydrogen) atoms. The molecule has 2 aromatic rings. The summed E-state index contributed by atoms with van der Waals surface area (Å²) in [7, 11) is 2.01. The van der Waals surface area contributed by atoms with Gasteiger partial charge in [0.25, 0.3) is 0 Å². The van der Waals surface area contributed by atoms with Gasteiger partial charge in [0.15, 0.2) is 17.4 Å². The summed E-state index contributed by atoms with van der Waals surface area (Å²) in [4.78, 5) is 41.5. The number of esters is 1. The first kappa shape index (κ1) is 29.4. The molecule has 1 fully saturated rings. The van der Waals surface area contributed by atoms with Crippen LogP contribution in [0.4, 0.5) is 17.3 Å². The van der Waals surface area contributed by atoms with Gasteiger partial charge < -0.3 is 25.3 Å². The highest BCUT2D eigenvalue weighted by Crippen LogP contribution is 2.61. The van der Waals surface area contributed by atoms with Gasteiger partial charge in [-0.15, -0.1) is 0 Å². The summed E-state index contributed by atoms with van der Waals surface area (Å²) in [6.07, 6.45) is 11.8. The minimum Gasteiger partial charge on any atom is -0.456 e. The number of rotatable bonds is 8. The number of fused-ring (bicyclic) bond motifs is 2. The van der Waals surface area contributed by atoms with Crippen LogP contribution in [0.25, 0.3) is 0 Å². The number of halogens is 1. The average Bonchev–Trinajstić information content (AvgIpc) is 3.52. The van der Waals surface area contributed by atoms with Crippen molar-refractivity contribution in [3.63, 3.8) is 0 Å². The van der Waals surface area contributed by atoms with Crippen LogP contribution in [0, 0.1) is 22.7 Å². The molecular formula is C31H41BrN6O3. The maximum absolute atomic E-state index is 13.1. The summed E-state index contributed by atoms with van der Waals surface area (Å²) in [5, 5.41) is 0. The van der Waals surface area contributed by atoms with Crippen molar-refractivity contribution in [2.24, 2.45) is 22.7 Å². The van der Waals surface area contributed by atoms with E-state index in [1.807, 2.05) is 7.05 Å². The van der Waals surface area contributed by atoms with E-state index in [9.17, 15) is 9.59 Å². The Balaban J connectivity index is 1.27. The molecular weight excluding hydrogens is 584 g/mol. The molecule has 1 saturated carbocycles. The number of hydrogen-bond donors (Lipinski definition) is 2. The normalized spacial score (nSPS) is 27.9. The Labute approximate surface area is 250 Å². The third-order valence-corrected chi connectivity index (χ3v) is 10.6. The van der Waals surface area contributed by atoms with Crippen molar-refractivity contribution < 1.29 is 14.3 Å². The molecule has 3 N–H and O–H groups in total. The number of nitrogens with two attached hydrogens (primary N) is 1. The van der Waals surface area contributed by atoms with Gasteiger partial charge in [0.2, 0.25) is 0 Å². The largest absolute Gasteiger partial charge is 0.456 e. The number of nitrogen functional groups attached to an aromatic ring is 1. The zero-order valence-electron chi connectivity index (χ0n) is 24.7. The lowest BCUT2D eigenvalue weighted by atomic mass is 9.46. The van der Waals surface area contributed by atoms with Gasteiger partial charge in [-0.3, -0.25) is 4.79 Å². The molecule has 4 atom stereocenters. The molecule has 0 radical (unpaired) electrons. The standard InChI is InChI=1S/C31H41BrN6O3/c1-19(8-11-38-18-37(5)28-26(38)27(33)35-17-36-28)6-9-30(3)20(2)7-10-31(4)21(12-23(39)14-25(30)31)16-41-29(40)24-13-22(32)15-34-24/h8,12-13,15,17,20,25,34H,6-7,9-11,14,16,18H2,1-5H3,(H2,33,35,36). The van der Waals surface area contributed by atoms with Crippen molar-refractivity contribution in [1.82, 2.24) is 15.0 Å². The average molecular weight is 626 g/mol. The van der Waals surface area contributed by atoms with E-state index in [1.54, 1.807) is 18.3 Å². The number of allylic oxidation sites excluding steroid dienone is 2. The molecule has 1 aliphatic heterocycles. The Morgan fingerprint density at radius 3 is 2.85 bits per heavy atom. The van der Waals surface area contributed by atoms with Crippen LogP contribution in [0.5, 0.6) is 0 Å². The number of nitrogens with zero attached hydrogens (tertiary/aromatic N) is 4. The van der Waals surface area contributed by atoms with E-state index >= 15 is 0 Å². The maximum atomic E-state index is 13.1. The van der Waals surface area contributed by atoms with Crippen LogP contribution in [0.1, 0.15) is 70.3 Å². The van der Waals surface area contributed by atoms with Gasteiger partial charge in [-0.25, -0.2) is 14.8 Å². The Kier molecular flexibility index (Phi) is 8.07. The van der Waals surface area contributed by atoms with Gasteiger partial charge in [-0.05, 0) is 88.9 Å². The molecule has 9 nitrogen and oxygen atoms in total. The Bertz CT molecular complexity index is 1400. The molecule has 0 saturated heterocycles. The van der Waals surface area contributed by atoms with E-state index in [2.05, 4.69) is 74.5 Å². The van der Waals surface area contributed by atoms with Crippen molar-refractivity contribution in [1.29, 1.82) is 0 Å². The van der Waals surface area contributed by atoms with Crippen LogP contribution >= 0.6 is 15.9 Å². The van der Waals surface area contributed by atoms with Gasteiger partial charge in [0.05, 0.1) is 6.67 Å². The van der Waals surface area contributed by atoms with Gasteiger partial charge >= 0.3 is 5.97 Å². The van der Waals surface area contributed by atoms with Crippen LogP contribution in [0.15, 0.2) is 46.4 Å². The molecule has 3 aliphatic rings. The molecule has 10 heteroatoms. The van der Waals surface area contributed by atoms with Gasteiger partial charge in [-0.1, -0.05) is 32.4 Å². The quantitative estimate of drug-likeness (QED) is 0.275. The smallest absolute Gasteiger partial charge is 0.355 e. The second kappa shape index (κ2) is 11.3. The zero-order chi connectivity index (χ0) is 29.5. The van der Waals surface area contributed by atoms with E-state index < -0.39 is 5.97 Å². The van der Waals surface area contributed by atoms with Crippen LogP contribution in [-0.4, -0.2) is 53.6 Å². The number of H-pyrrole nitrogens is 1. The SMILES string of the molecule is CC(=CCN1CN(C)c2ncnc(N)c21)CCC1(C)C(C)CCC2(C)C(COC(=O)c3cc(Br)c[nH]3)=CC(=O)CC21. The zero-order valence-corrected chi connectivity index (χ0v) is 26.3. The first-order valence-corrected chi connectivity index (χ1v) is 15.2. The molecule has 2 aliphatic carbocycles. The summed E-state index contributed by atoms with van der Waals surface area (Å²) >= 11 is 3.36. The highest BCUT2D eigenvalue weighted by Gasteiger charge is 2.55. The third-order valence-electron chi connectivity index (χ3n) is 10.1. The molecule has 0 aromatic carbocycles. The topological polar surface area (TPSA) is 117 Å². The van der Waals surface area contributed by atoms with E-state index in [0.717, 1.165) is 60.4 Å². The van der Waals surface area contributed by atoms with Crippen molar-refractivity contribution in [2.45, 2.75) is 59.8 Å².